The molecule has 1 aliphatic rings. The van der Waals surface area contributed by atoms with Gasteiger partial charge < -0.3 is 4.74 Å². The molecular formula is C16H18BrN3O. The smallest absolute Gasteiger partial charge is 0.122 e. The molecule has 5 heteroatoms. The predicted molar refractivity (Wildman–Crippen MR) is 86.0 cm³/mol. The molecule has 0 fully saturated rings. The molecule has 21 heavy (non-hydrogen) atoms. The van der Waals surface area contributed by atoms with Crippen LogP contribution in [-0.4, -0.2) is 17.6 Å². The number of pyridine rings is 1. The number of nitrogens with one attached hydrogen (secondary N) is 1. The van der Waals surface area contributed by atoms with Gasteiger partial charge in [-0.15, -0.1) is 0 Å². The van der Waals surface area contributed by atoms with E-state index in [4.69, 9.17) is 10.6 Å². The molecule has 0 amide bonds. The Kier molecular flexibility index (Phi) is 4.53. The normalized spacial score (nSPS) is 18.7. The molecule has 110 valence electrons. The molecule has 1 aromatic heterocycles. The number of rotatable bonds is 4. The van der Waals surface area contributed by atoms with Crippen molar-refractivity contribution in [2.45, 2.75) is 24.8 Å². The number of hydrogen-bond acceptors (Lipinski definition) is 4. The zero-order valence-corrected chi connectivity index (χ0v) is 13.2. The summed E-state index contributed by atoms with van der Waals surface area (Å²) in [5.74, 6) is 7.14. The van der Waals surface area contributed by atoms with Crippen molar-refractivity contribution < 1.29 is 4.74 Å². The van der Waals surface area contributed by atoms with Crippen LogP contribution in [0.1, 0.15) is 23.5 Å². The lowest BCUT2D eigenvalue weighted by Gasteiger charge is -2.32. The van der Waals surface area contributed by atoms with Crippen LogP contribution in [0.2, 0.25) is 0 Å². The fraction of sp³-hybridized carbons (Fsp3) is 0.312. The first-order valence-electron chi connectivity index (χ1n) is 7.05. The highest BCUT2D eigenvalue weighted by Crippen LogP contribution is 2.36. The van der Waals surface area contributed by atoms with Crippen molar-refractivity contribution >= 4 is 15.9 Å². The quantitative estimate of drug-likeness (QED) is 0.659. The zero-order chi connectivity index (χ0) is 14.7. The molecular weight excluding hydrogens is 330 g/mol. The maximum Gasteiger partial charge on any atom is 0.122 e. The summed E-state index contributed by atoms with van der Waals surface area (Å²) in [4.78, 5) is 4.22. The van der Waals surface area contributed by atoms with E-state index in [9.17, 15) is 0 Å². The Morgan fingerprint density at radius 3 is 3.05 bits per heavy atom. The summed E-state index contributed by atoms with van der Waals surface area (Å²) in [5, 5.41) is 0. The second-order valence-corrected chi connectivity index (χ2v) is 6.19. The minimum atomic E-state index is 0.158. The molecule has 0 saturated heterocycles. The van der Waals surface area contributed by atoms with Crippen LogP contribution in [0.4, 0.5) is 0 Å². The Labute approximate surface area is 132 Å². The lowest BCUT2D eigenvalue weighted by atomic mass is 9.84. The van der Waals surface area contributed by atoms with Crippen LogP contribution in [0.25, 0.3) is 0 Å². The predicted octanol–water partition coefficient (Wildman–Crippen LogP) is 2.78. The first-order valence-corrected chi connectivity index (χ1v) is 7.84. The van der Waals surface area contributed by atoms with E-state index in [1.165, 1.54) is 5.56 Å². The largest absolute Gasteiger partial charge is 0.493 e. The highest BCUT2D eigenvalue weighted by molar-refractivity contribution is 9.10. The van der Waals surface area contributed by atoms with Crippen molar-refractivity contribution in [3.8, 4) is 5.75 Å². The van der Waals surface area contributed by atoms with Crippen molar-refractivity contribution in [3.63, 3.8) is 0 Å². The summed E-state index contributed by atoms with van der Waals surface area (Å²) in [7, 11) is 0. The van der Waals surface area contributed by atoms with Crippen LogP contribution < -0.4 is 16.0 Å². The zero-order valence-electron chi connectivity index (χ0n) is 11.6. The number of benzene rings is 1. The molecule has 2 aromatic rings. The van der Waals surface area contributed by atoms with E-state index in [1.807, 2.05) is 18.3 Å². The van der Waals surface area contributed by atoms with E-state index < -0.39 is 0 Å². The van der Waals surface area contributed by atoms with Gasteiger partial charge in [0.15, 0.2) is 0 Å². The molecule has 0 radical (unpaired) electrons. The summed E-state index contributed by atoms with van der Waals surface area (Å²) < 4.78 is 6.72. The molecule has 1 aliphatic heterocycles. The molecule has 0 spiro atoms. The monoisotopic (exact) mass is 347 g/mol. The molecule has 4 nitrogen and oxygen atoms in total. The highest BCUT2D eigenvalue weighted by atomic mass is 79.9. The molecule has 0 bridgehead atoms. The van der Waals surface area contributed by atoms with Crippen molar-refractivity contribution in [1.29, 1.82) is 0 Å². The molecule has 2 heterocycles. The molecule has 2 atom stereocenters. The van der Waals surface area contributed by atoms with Crippen LogP contribution >= 0.6 is 15.9 Å². The standard InChI is InChI=1S/C16H18BrN3O/c17-12-7-11(9-19-10-12)8-15(20-18)13-5-6-21-16-4-2-1-3-14(13)16/h1-4,7,9-10,13,15,20H,5-6,8,18H2. The third-order valence-electron chi connectivity index (χ3n) is 3.92. The second kappa shape index (κ2) is 6.56. The van der Waals surface area contributed by atoms with Gasteiger partial charge in [0.1, 0.15) is 5.75 Å². The van der Waals surface area contributed by atoms with E-state index in [-0.39, 0.29) is 6.04 Å². The van der Waals surface area contributed by atoms with Gasteiger partial charge in [0, 0.05) is 28.8 Å². The first-order chi connectivity index (χ1) is 10.3. The van der Waals surface area contributed by atoms with E-state index in [2.05, 4.69) is 44.5 Å². The molecule has 1 aromatic carbocycles. The number of nitrogens with two attached hydrogens (primary N) is 1. The Bertz CT molecular complexity index is 620. The molecule has 3 N–H and O–H groups in total. The third kappa shape index (κ3) is 3.26. The van der Waals surface area contributed by atoms with Crippen LogP contribution in [0.5, 0.6) is 5.75 Å². The Balaban J connectivity index is 1.84. The fourth-order valence-corrected chi connectivity index (χ4v) is 3.34. The van der Waals surface area contributed by atoms with Crippen molar-refractivity contribution in [2.24, 2.45) is 5.84 Å². The lowest BCUT2D eigenvalue weighted by molar-refractivity contribution is 0.245. The number of fused-ring (bicyclic) bond motifs is 1. The number of ether oxygens (including phenoxy) is 1. The van der Waals surface area contributed by atoms with Gasteiger partial charge in [-0.3, -0.25) is 16.3 Å². The minimum Gasteiger partial charge on any atom is -0.493 e. The maximum absolute atomic E-state index is 5.82. The summed E-state index contributed by atoms with van der Waals surface area (Å²) in [6.07, 6.45) is 5.48. The molecule has 3 rings (SSSR count). The van der Waals surface area contributed by atoms with E-state index in [0.717, 1.165) is 35.2 Å². The molecule has 0 aliphatic carbocycles. The lowest BCUT2D eigenvalue weighted by Crippen LogP contribution is -2.43. The number of hydrazine groups is 1. The number of halogens is 1. The van der Waals surface area contributed by atoms with E-state index >= 15 is 0 Å². The van der Waals surface area contributed by atoms with E-state index in [1.54, 1.807) is 6.20 Å². The Morgan fingerprint density at radius 2 is 2.24 bits per heavy atom. The van der Waals surface area contributed by atoms with Gasteiger partial charge in [-0.05, 0) is 52.0 Å². The summed E-state index contributed by atoms with van der Waals surface area (Å²) >= 11 is 3.46. The number of nitrogens with zero attached hydrogens (tertiary/aromatic N) is 1. The van der Waals surface area contributed by atoms with Gasteiger partial charge >= 0.3 is 0 Å². The van der Waals surface area contributed by atoms with Gasteiger partial charge in [0.25, 0.3) is 0 Å². The number of para-hydroxylation sites is 1. The second-order valence-electron chi connectivity index (χ2n) is 5.27. The van der Waals surface area contributed by atoms with Gasteiger partial charge in [-0.1, -0.05) is 18.2 Å². The van der Waals surface area contributed by atoms with Crippen LogP contribution in [0.3, 0.4) is 0 Å². The van der Waals surface area contributed by atoms with Crippen molar-refractivity contribution in [3.05, 3.63) is 58.3 Å². The topological polar surface area (TPSA) is 60.2 Å². The summed E-state index contributed by atoms with van der Waals surface area (Å²) in [6.45, 7) is 0.733. The van der Waals surface area contributed by atoms with Crippen molar-refractivity contribution in [2.75, 3.05) is 6.61 Å². The Morgan fingerprint density at radius 1 is 1.38 bits per heavy atom. The fourth-order valence-electron chi connectivity index (χ4n) is 2.93. The average molecular weight is 348 g/mol. The van der Waals surface area contributed by atoms with Crippen LogP contribution in [0, 0.1) is 0 Å². The third-order valence-corrected chi connectivity index (χ3v) is 4.36. The van der Waals surface area contributed by atoms with Gasteiger partial charge in [0.05, 0.1) is 6.61 Å². The number of aromatic nitrogens is 1. The summed E-state index contributed by atoms with van der Waals surface area (Å²) in [6, 6.07) is 10.5. The maximum atomic E-state index is 5.82. The van der Waals surface area contributed by atoms with Gasteiger partial charge in [0.2, 0.25) is 0 Å². The van der Waals surface area contributed by atoms with E-state index in [0.29, 0.717) is 5.92 Å². The van der Waals surface area contributed by atoms with Crippen LogP contribution in [-0.2, 0) is 6.42 Å². The number of hydrogen-bond donors (Lipinski definition) is 2. The minimum absolute atomic E-state index is 0.158. The molecule has 0 saturated carbocycles. The first kappa shape index (κ1) is 14.5. The highest BCUT2D eigenvalue weighted by Gasteiger charge is 2.28. The van der Waals surface area contributed by atoms with Gasteiger partial charge in [-0.2, -0.15) is 0 Å². The molecule has 2 unspecified atom stereocenters. The Hall–Kier alpha value is -1.43. The SMILES string of the molecule is NNC(Cc1cncc(Br)c1)C1CCOc2ccccc21. The summed E-state index contributed by atoms with van der Waals surface area (Å²) in [5.41, 5.74) is 5.38. The van der Waals surface area contributed by atoms with Crippen LogP contribution in [0.15, 0.2) is 47.2 Å². The average Bonchev–Trinajstić information content (AvgIpc) is 2.52. The van der Waals surface area contributed by atoms with Crippen molar-refractivity contribution in [1.82, 2.24) is 10.4 Å². The van der Waals surface area contributed by atoms with Gasteiger partial charge in [-0.25, -0.2) is 0 Å².